The molecule has 0 saturated heterocycles. The zero-order valence-electron chi connectivity index (χ0n) is 11.2. The number of rotatable bonds is 3. The van der Waals surface area contributed by atoms with Gasteiger partial charge in [0.15, 0.2) is 0 Å². The minimum Gasteiger partial charge on any atom is -0.458 e. The SMILES string of the molecule is CC(F)(F)C(=O)OC1CCCC(c2cccc(F)c2)C1. The average molecular weight is 286 g/mol. The molecule has 110 valence electrons. The smallest absolute Gasteiger partial charge is 0.376 e. The maximum atomic E-state index is 13.2. The zero-order valence-corrected chi connectivity index (χ0v) is 11.2. The highest BCUT2D eigenvalue weighted by atomic mass is 19.3. The number of ether oxygens (including phenoxy) is 1. The van der Waals surface area contributed by atoms with Crippen LogP contribution in [0.15, 0.2) is 24.3 Å². The van der Waals surface area contributed by atoms with Gasteiger partial charge in [0, 0.05) is 6.92 Å². The summed E-state index contributed by atoms with van der Waals surface area (Å²) in [6.07, 6.45) is 2.14. The van der Waals surface area contributed by atoms with Gasteiger partial charge in [-0.3, -0.25) is 0 Å². The highest BCUT2D eigenvalue weighted by molar-refractivity contribution is 5.77. The van der Waals surface area contributed by atoms with E-state index in [0.717, 1.165) is 18.4 Å². The van der Waals surface area contributed by atoms with E-state index in [0.29, 0.717) is 19.8 Å². The average Bonchev–Trinajstić information content (AvgIpc) is 2.38. The lowest BCUT2D eigenvalue weighted by Crippen LogP contribution is -2.33. The number of hydrogen-bond acceptors (Lipinski definition) is 2. The first-order chi connectivity index (χ1) is 9.36. The molecule has 0 bridgehead atoms. The maximum Gasteiger partial charge on any atom is 0.376 e. The van der Waals surface area contributed by atoms with E-state index in [1.807, 2.05) is 6.07 Å². The molecule has 0 aromatic heterocycles. The van der Waals surface area contributed by atoms with Gasteiger partial charge in [0.25, 0.3) is 0 Å². The van der Waals surface area contributed by atoms with E-state index in [9.17, 15) is 18.0 Å². The van der Waals surface area contributed by atoms with Gasteiger partial charge in [0.2, 0.25) is 0 Å². The van der Waals surface area contributed by atoms with Crippen LogP contribution in [0.3, 0.4) is 0 Å². The lowest BCUT2D eigenvalue weighted by Gasteiger charge is -2.29. The first-order valence-corrected chi connectivity index (χ1v) is 6.70. The maximum absolute atomic E-state index is 13.2. The summed E-state index contributed by atoms with van der Waals surface area (Å²) in [6.45, 7) is 0.530. The van der Waals surface area contributed by atoms with Gasteiger partial charge in [-0.2, -0.15) is 8.78 Å². The topological polar surface area (TPSA) is 26.3 Å². The predicted octanol–water partition coefficient (Wildman–Crippen LogP) is 4.05. The number of halogens is 3. The summed E-state index contributed by atoms with van der Waals surface area (Å²) in [4.78, 5) is 11.2. The number of benzene rings is 1. The number of alkyl halides is 2. The second kappa shape index (κ2) is 5.85. The van der Waals surface area contributed by atoms with E-state index in [-0.39, 0.29) is 11.7 Å². The summed E-state index contributed by atoms with van der Waals surface area (Å²) in [6, 6.07) is 6.25. The van der Waals surface area contributed by atoms with Crippen molar-refractivity contribution in [2.45, 2.75) is 50.6 Å². The van der Waals surface area contributed by atoms with Gasteiger partial charge in [-0.05, 0) is 49.3 Å². The van der Waals surface area contributed by atoms with E-state index in [2.05, 4.69) is 0 Å². The van der Waals surface area contributed by atoms with Crippen LogP contribution >= 0.6 is 0 Å². The Bertz CT molecular complexity index is 482. The molecule has 20 heavy (non-hydrogen) atoms. The molecule has 1 saturated carbocycles. The van der Waals surface area contributed by atoms with Crippen LogP contribution < -0.4 is 0 Å². The van der Waals surface area contributed by atoms with Crippen molar-refractivity contribution in [3.63, 3.8) is 0 Å². The first-order valence-electron chi connectivity index (χ1n) is 6.70. The monoisotopic (exact) mass is 286 g/mol. The highest BCUT2D eigenvalue weighted by Gasteiger charge is 2.37. The Labute approximate surface area is 115 Å². The largest absolute Gasteiger partial charge is 0.458 e. The van der Waals surface area contributed by atoms with Crippen LogP contribution in [-0.2, 0) is 9.53 Å². The summed E-state index contributed by atoms with van der Waals surface area (Å²) in [5.74, 6) is -5.22. The van der Waals surface area contributed by atoms with Gasteiger partial charge in [0.05, 0.1) is 0 Å². The Morgan fingerprint density at radius 3 is 2.75 bits per heavy atom. The minimum atomic E-state index is -3.47. The number of esters is 1. The van der Waals surface area contributed by atoms with Crippen molar-refractivity contribution in [1.82, 2.24) is 0 Å². The van der Waals surface area contributed by atoms with Gasteiger partial charge in [-0.1, -0.05) is 12.1 Å². The quantitative estimate of drug-likeness (QED) is 0.784. The van der Waals surface area contributed by atoms with E-state index < -0.39 is 18.0 Å². The third-order valence-electron chi connectivity index (χ3n) is 3.58. The molecule has 1 aliphatic rings. The van der Waals surface area contributed by atoms with Crippen molar-refractivity contribution in [2.24, 2.45) is 0 Å². The first kappa shape index (κ1) is 14.9. The molecule has 2 unspecified atom stereocenters. The molecule has 1 aromatic rings. The Morgan fingerprint density at radius 1 is 1.35 bits per heavy atom. The van der Waals surface area contributed by atoms with Crippen molar-refractivity contribution in [1.29, 1.82) is 0 Å². The van der Waals surface area contributed by atoms with Gasteiger partial charge in [0.1, 0.15) is 11.9 Å². The van der Waals surface area contributed by atoms with Crippen molar-refractivity contribution in [2.75, 3.05) is 0 Å². The molecule has 2 nitrogen and oxygen atoms in total. The fourth-order valence-corrected chi connectivity index (χ4v) is 2.57. The van der Waals surface area contributed by atoms with Crippen LogP contribution in [0.4, 0.5) is 13.2 Å². The third kappa shape index (κ3) is 3.74. The van der Waals surface area contributed by atoms with Crippen LogP contribution in [0.2, 0.25) is 0 Å². The fourth-order valence-electron chi connectivity index (χ4n) is 2.57. The molecule has 0 N–H and O–H groups in total. The molecule has 0 amide bonds. The van der Waals surface area contributed by atoms with Crippen molar-refractivity contribution in [3.8, 4) is 0 Å². The van der Waals surface area contributed by atoms with Crippen molar-refractivity contribution < 1.29 is 22.7 Å². The molecule has 0 radical (unpaired) electrons. The van der Waals surface area contributed by atoms with Crippen LogP contribution in [-0.4, -0.2) is 18.0 Å². The Balaban J connectivity index is 2.00. The number of carbonyl (C=O) groups is 1. The molecule has 2 atom stereocenters. The molecule has 5 heteroatoms. The Kier molecular flexibility index (Phi) is 4.35. The van der Waals surface area contributed by atoms with Gasteiger partial charge in [-0.25, -0.2) is 9.18 Å². The highest BCUT2D eigenvalue weighted by Crippen LogP contribution is 2.35. The van der Waals surface area contributed by atoms with Crippen LogP contribution in [0, 0.1) is 5.82 Å². The predicted molar refractivity (Wildman–Crippen MR) is 68.1 cm³/mol. The number of hydrogen-bond donors (Lipinski definition) is 0. The second-order valence-electron chi connectivity index (χ2n) is 5.33. The lowest BCUT2D eigenvalue weighted by molar-refractivity contribution is -0.176. The fraction of sp³-hybridized carbons (Fsp3) is 0.533. The molecule has 2 rings (SSSR count). The van der Waals surface area contributed by atoms with E-state index in [4.69, 9.17) is 4.74 Å². The van der Waals surface area contributed by atoms with Crippen LogP contribution in [0.25, 0.3) is 0 Å². The molecule has 1 fully saturated rings. The summed E-state index contributed by atoms with van der Waals surface area (Å²) in [7, 11) is 0. The molecular formula is C15H17F3O2. The summed E-state index contributed by atoms with van der Waals surface area (Å²) in [5.41, 5.74) is 0.828. The lowest BCUT2D eigenvalue weighted by atomic mass is 9.82. The molecular weight excluding hydrogens is 269 g/mol. The normalized spacial score (nSPS) is 23.4. The van der Waals surface area contributed by atoms with Crippen molar-refractivity contribution in [3.05, 3.63) is 35.6 Å². The molecule has 0 spiro atoms. The second-order valence-corrected chi connectivity index (χ2v) is 5.33. The molecule has 1 aliphatic carbocycles. The van der Waals surface area contributed by atoms with E-state index >= 15 is 0 Å². The molecule has 1 aromatic carbocycles. The van der Waals surface area contributed by atoms with Crippen LogP contribution in [0.5, 0.6) is 0 Å². The molecule has 0 heterocycles. The van der Waals surface area contributed by atoms with Crippen LogP contribution in [0.1, 0.15) is 44.1 Å². The Hall–Kier alpha value is -1.52. The Morgan fingerprint density at radius 2 is 2.10 bits per heavy atom. The van der Waals surface area contributed by atoms with Gasteiger partial charge >= 0.3 is 11.9 Å². The summed E-state index contributed by atoms with van der Waals surface area (Å²) in [5, 5.41) is 0. The van der Waals surface area contributed by atoms with Crippen molar-refractivity contribution >= 4 is 5.97 Å². The van der Waals surface area contributed by atoms with Gasteiger partial charge < -0.3 is 4.74 Å². The summed E-state index contributed by atoms with van der Waals surface area (Å²) >= 11 is 0. The third-order valence-corrected chi connectivity index (χ3v) is 3.58. The zero-order chi connectivity index (χ0) is 14.8. The molecule has 0 aliphatic heterocycles. The van der Waals surface area contributed by atoms with E-state index in [1.165, 1.54) is 12.1 Å². The standard InChI is InChI=1S/C15H17F3O2/c1-15(17,18)14(19)20-13-7-3-5-11(9-13)10-4-2-6-12(16)8-10/h2,4,6,8,11,13H,3,5,7,9H2,1H3. The van der Waals surface area contributed by atoms with Gasteiger partial charge in [-0.15, -0.1) is 0 Å². The summed E-state index contributed by atoms with van der Waals surface area (Å²) < 4.78 is 43.7. The minimum absolute atomic E-state index is 0.0442. The van der Waals surface area contributed by atoms with E-state index in [1.54, 1.807) is 6.07 Å². The number of carbonyl (C=O) groups excluding carboxylic acids is 1.